The molecule has 0 radical (unpaired) electrons. The van der Waals surface area contributed by atoms with Crippen molar-refractivity contribution >= 4 is 17.8 Å². The summed E-state index contributed by atoms with van der Waals surface area (Å²) in [5.41, 5.74) is 2.26. The second-order valence-corrected chi connectivity index (χ2v) is 7.88. The summed E-state index contributed by atoms with van der Waals surface area (Å²) in [4.78, 5) is 44.1. The summed E-state index contributed by atoms with van der Waals surface area (Å²) in [6.45, 7) is 8.69. The molecule has 0 aromatic carbocycles. The molecule has 0 saturated carbocycles. The van der Waals surface area contributed by atoms with E-state index in [1.807, 2.05) is 9.80 Å². The smallest absolute Gasteiger partial charge is 0.340 e. The first-order chi connectivity index (χ1) is 13.4. The fourth-order valence-electron chi connectivity index (χ4n) is 4.32. The van der Waals surface area contributed by atoms with Crippen molar-refractivity contribution < 1.29 is 19.1 Å². The van der Waals surface area contributed by atoms with Crippen LogP contribution in [0.3, 0.4) is 0 Å². The molecule has 28 heavy (non-hydrogen) atoms. The molecule has 2 saturated heterocycles. The number of likely N-dealkylation sites (tertiary alicyclic amines) is 2. The van der Waals surface area contributed by atoms with E-state index in [2.05, 4.69) is 4.98 Å². The van der Waals surface area contributed by atoms with Crippen LogP contribution in [0.15, 0.2) is 0 Å². The number of amides is 2. The fourth-order valence-corrected chi connectivity index (χ4v) is 4.32. The number of hydrogen-bond donors (Lipinski definition) is 1. The third kappa shape index (κ3) is 4.23. The molecule has 0 aliphatic carbocycles. The molecule has 2 aliphatic heterocycles. The number of hydrogen-bond acceptors (Lipinski definition) is 4. The first-order valence-corrected chi connectivity index (χ1v) is 10.4. The van der Waals surface area contributed by atoms with Gasteiger partial charge in [0.25, 0.3) is 5.91 Å². The normalized spacial score (nSPS) is 18.5. The molecule has 0 unspecified atom stereocenters. The number of rotatable bonds is 5. The first-order valence-electron chi connectivity index (χ1n) is 10.4. The van der Waals surface area contributed by atoms with Gasteiger partial charge < -0.3 is 19.5 Å². The van der Waals surface area contributed by atoms with Crippen molar-refractivity contribution in [3.63, 3.8) is 0 Å². The number of aromatic nitrogens is 1. The van der Waals surface area contributed by atoms with Crippen molar-refractivity contribution in [2.24, 2.45) is 5.92 Å². The lowest BCUT2D eigenvalue weighted by molar-refractivity contribution is -0.134. The van der Waals surface area contributed by atoms with Gasteiger partial charge in [-0.1, -0.05) is 0 Å². The molecular formula is C21H31N3O4. The Morgan fingerprint density at radius 1 is 1.14 bits per heavy atom. The van der Waals surface area contributed by atoms with Crippen molar-refractivity contribution in [2.45, 2.75) is 52.9 Å². The van der Waals surface area contributed by atoms with Gasteiger partial charge in [0.15, 0.2) is 0 Å². The summed E-state index contributed by atoms with van der Waals surface area (Å²) < 4.78 is 5.11. The Labute approximate surface area is 166 Å². The van der Waals surface area contributed by atoms with Gasteiger partial charge in [-0.3, -0.25) is 9.59 Å². The second kappa shape index (κ2) is 8.80. The number of nitrogens with zero attached hydrogens (tertiary/aromatic N) is 2. The number of nitrogens with one attached hydrogen (secondary N) is 1. The Morgan fingerprint density at radius 3 is 2.50 bits per heavy atom. The highest BCUT2D eigenvalue weighted by atomic mass is 16.5. The maximum atomic E-state index is 13.0. The maximum absolute atomic E-state index is 13.0. The third-order valence-electron chi connectivity index (χ3n) is 5.93. The van der Waals surface area contributed by atoms with Crippen molar-refractivity contribution in [1.82, 2.24) is 14.8 Å². The van der Waals surface area contributed by atoms with Gasteiger partial charge >= 0.3 is 5.97 Å². The number of carbonyl (C=O) groups excluding carboxylic acids is 3. The molecule has 3 rings (SSSR count). The molecule has 2 aliphatic rings. The zero-order valence-electron chi connectivity index (χ0n) is 17.2. The molecule has 0 bridgehead atoms. The fraction of sp³-hybridized carbons (Fsp3) is 0.667. The van der Waals surface area contributed by atoms with E-state index < -0.39 is 5.97 Å². The predicted molar refractivity (Wildman–Crippen MR) is 105 cm³/mol. The number of H-pyrrole nitrogens is 1. The van der Waals surface area contributed by atoms with Crippen LogP contribution >= 0.6 is 0 Å². The topological polar surface area (TPSA) is 82.7 Å². The average molecular weight is 389 g/mol. The first kappa shape index (κ1) is 20.4. The Morgan fingerprint density at radius 2 is 1.86 bits per heavy atom. The maximum Gasteiger partial charge on any atom is 0.340 e. The minimum Gasteiger partial charge on any atom is -0.462 e. The minimum atomic E-state index is -0.391. The summed E-state index contributed by atoms with van der Waals surface area (Å²) in [5, 5.41) is 0. The highest BCUT2D eigenvalue weighted by molar-refractivity contribution is 6.00. The van der Waals surface area contributed by atoms with E-state index in [0.717, 1.165) is 38.8 Å². The van der Waals surface area contributed by atoms with Gasteiger partial charge in [-0.05, 0) is 57.9 Å². The Bertz CT molecular complexity index is 747. The molecule has 1 aromatic heterocycles. The summed E-state index contributed by atoms with van der Waals surface area (Å²) >= 11 is 0. The zero-order valence-corrected chi connectivity index (χ0v) is 17.2. The van der Waals surface area contributed by atoms with Gasteiger partial charge in [0.1, 0.15) is 5.69 Å². The van der Waals surface area contributed by atoms with Crippen LogP contribution in [0.4, 0.5) is 0 Å². The van der Waals surface area contributed by atoms with Gasteiger partial charge in [-0.25, -0.2) is 4.79 Å². The summed E-state index contributed by atoms with van der Waals surface area (Å²) in [6, 6.07) is 0. The molecule has 2 fully saturated rings. The van der Waals surface area contributed by atoms with Gasteiger partial charge in [0.05, 0.1) is 12.2 Å². The van der Waals surface area contributed by atoms with Crippen LogP contribution in [0.5, 0.6) is 0 Å². The van der Waals surface area contributed by atoms with Crippen molar-refractivity contribution in [3.05, 3.63) is 22.5 Å². The Kier molecular flexibility index (Phi) is 6.42. The summed E-state index contributed by atoms with van der Waals surface area (Å²) in [6.07, 6.45) is 4.58. The molecule has 2 amide bonds. The lowest BCUT2D eigenvalue weighted by Gasteiger charge is -2.36. The van der Waals surface area contributed by atoms with Crippen LogP contribution in [0.2, 0.25) is 0 Å². The second-order valence-electron chi connectivity index (χ2n) is 7.88. The van der Waals surface area contributed by atoms with E-state index in [-0.39, 0.29) is 11.8 Å². The van der Waals surface area contributed by atoms with E-state index in [4.69, 9.17) is 4.74 Å². The van der Waals surface area contributed by atoms with Gasteiger partial charge in [0.2, 0.25) is 5.91 Å². The molecule has 1 N–H and O–H groups in total. The molecule has 0 atom stereocenters. The lowest BCUT2D eigenvalue weighted by Crippen LogP contribution is -2.44. The standard InChI is InChI=1S/C21H31N3O4/c1-4-28-21(27)18-14(2)19(22-15(18)3)20(26)23-11-8-16(9-12-23)13-24-10-6-5-7-17(24)25/h16,22H,4-13H2,1-3H3. The van der Waals surface area contributed by atoms with Crippen LogP contribution < -0.4 is 0 Å². The van der Waals surface area contributed by atoms with E-state index >= 15 is 0 Å². The van der Waals surface area contributed by atoms with Crippen LogP contribution in [0.1, 0.15) is 71.1 Å². The largest absolute Gasteiger partial charge is 0.462 e. The molecule has 7 nitrogen and oxygen atoms in total. The van der Waals surface area contributed by atoms with E-state index in [0.29, 0.717) is 54.5 Å². The molecule has 154 valence electrons. The van der Waals surface area contributed by atoms with Crippen molar-refractivity contribution in [2.75, 3.05) is 32.8 Å². The van der Waals surface area contributed by atoms with Crippen molar-refractivity contribution in [1.29, 1.82) is 0 Å². The zero-order chi connectivity index (χ0) is 20.3. The number of esters is 1. The lowest BCUT2D eigenvalue weighted by atomic mass is 9.95. The van der Waals surface area contributed by atoms with Gasteiger partial charge in [0, 0.05) is 38.3 Å². The highest BCUT2D eigenvalue weighted by Gasteiger charge is 2.30. The molecule has 3 heterocycles. The van der Waals surface area contributed by atoms with Gasteiger partial charge in [-0.15, -0.1) is 0 Å². The number of aryl methyl sites for hydroxylation is 1. The SMILES string of the molecule is CCOC(=O)c1c(C)[nH]c(C(=O)N2CCC(CN3CCCCC3=O)CC2)c1C. The number of carbonyl (C=O) groups is 3. The van der Waals surface area contributed by atoms with E-state index in [9.17, 15) is 14.4 Å². The van der Waals surface area contributed by atoms with Crippen LogP contribution in [-0.2, 0) is 9.53 Å². The quantitative estimate of drug-likeness (QED) is 0.785. The third-order valence-corrected chi connectivity index (χ3v) is 5.93. The van der Waals surface area contributed by atoms with E-state index in [1.54, 1.807) is 20.8 Å². The predicted octanol–water partition coefficient (Wildman–Crippen LogP) is 2.67. The highest BCUT2D eigenvalue weighted by Crippen LogP contribution is 2.25. The Balaban J connectivity index is 1.60. The molecular weight excluding hydrogens is 358 g/mol. The average Bonchev–Trinajstić information content (AvgIpc) is 2.98. The van der Waals surface area contributed by atoms with Crippen LogP contribution in [-0.4, -0.2) is 65.4 Å². The number of ether oxygens (including phenoxy) is 1. The molecule has 7 heteroatoms. The summed E-state index contributed by atoms with van der Waals surface area (Å²) in [7, 11) is 0. The Hall–Kier alpha value is -2.31. The van der Waals surface area contributed by atoms with Gasteiger partial charge in [-0.2, -0.15) is 0 Å². The molecule has 0 spiro atoms. The summed E-state index contributed by atoms with van der Waals surface area (Å²) in [5.74, 6) is 0.266. The number of aromatic amines is 1. The van der Waals surface area contributed by atoms with Crippen molar-refractivity contribution in [3.8, 4) is 0 Å². The monoisotopic (exact) mass is 389 g/mol. The molecule has 1 aromatic rings. The number of piperidine rings is 2. The van der Waals surface area contributed by atoms with Crippen LogP contribution in [0, 0.1) is 19.8 Å². The van der Waals surface area contributed by atoms with Crippen LogP contribution in [0.25, 0.3) is 0 Å². The van der Waals surface area contributed by atoms with E-state index in [1.165, 1.54) is 0 Å². The minimum absolute atomic E-state index is 0.0661.